The molecule has 0 bridgehead atoms. The van der Waals surface area contributed by atoms with Gasteiger partial charge in [0, 0.05) is 0 Å². The molecule has 2 atom stereocenters. The van der Waals surface area contributed by atoms with Crippen molar-refractivity contribution in [3.8, 4) is 0 Å². The van der Waals surface area contributed by atoms with E-state index in [0.717, 1.165) is 0 Å². The molecule has 0 radical (unpaired) electrons. The first-order chi connectivity index (χ1) is 19.4. The van der Waals surface area contributed by atoms with Crippen LogP contribution in [0.1, 0.15) is 64.7 Å². The third-order valence-corrected chi connectivity index (χ3v) is 8.08. The van der Waals surface area contributed by atoms with E-state index < -0.39 is 45.1 Å². The number of hydrogen-bond acceptors (Lipinski definition) is 8. The number of nitrogens with one attached hydrogen (secondary N) is 3. The van der Waals surface area contributed by atoms with Gasteiger partial charge in [0.05, 0.1) is 0 Å². The van der Waals surface area contributed by atoms with Crippen LogP contribution >= 0.6 is 0 Å². The maximum atomic E-state index is 13.5. The summed E-state index contributed by atoms with van der Waals surface area (Å²) in [5.74, 6) is -1.43. The summed E-state index contributed by atoms with van der Waals surface area (Å²) in [6.07, 6.45) is 0.0604. The minimum absolute atomic E-state index is 0.0261. The van der Waals surface area contributed by atoms with Gasteiger partial charge in [-0.1, -0.05) is 0 Å². The molecule has 1 aliphatic heterocycles. The van der Waals surface area contributed by atoms with Crippen LogP contribution in [0, 0.1) is 5.41 Å². The molecule has 14 heteroatoms. The number of rotatable bonds is 11. The molecule has 3 amide bonds. The number of hydrogen-bond donors (Lipinski definition) is 4. The summed E-state index contributed by atoms with van der Waals surface area (Å²) in [6, 6.07) is 5.65. The fourth-order valence-corrected chi connectivity index (χ4v) is 5.98. The van der Waals surface area contributed by atoms with Crippen LogP contribution in [-0.4, -0.2) is 103 Å². The van der Waals surface area contributed by atoms with Crippen LogP contribution in [0.2, 0.25) is 5.21 Å². The van der Waals surface area contributed by atoms with E-state index in [0.29, 0.717) is 17.7 Å². The van der Waals surface area contributed by atoms with Gasteiger partial charge in [0.2, 0.25) is 0 Å². The zero-order valence-corrected chi connectivity index (χ0v) is 27.3. The molecule has 5 N–H and O–H groups in total. The molecular formula is C28H43AsN6O7. The fourth-order valence-electron chi connectivity index (χ4n) is 4.12. The van der Waals surface area contributed by atoms with Crippen molar-refractivity contribution in [1.82, 2.24) is 15.1 Å². The zero-order valence-electron chi connectivity index (χ0n) is 25.2. The van der Waals surface area contributed by atoms with Crippen molar-refractivity contribution in [3.05, 3.63) is 29.8 Å². The summed E-state index contributed by atoms with van der Waals surface area (Å²) >= 11 is -1.37. The number of carbonyl (C=O) groups is 5. The Morgan fingerprint density at radius 3 is 2.21 bits per heavy atom. The molecule has 2 rings (SSSR count). The molecule has 0 aromatic heterocycles. The van der Waals surface area contributed by atoms with Crippen LogP contribution in [0.15, 0.2) is 24.3 Å². The predicted molar refractivity (Wildman–Crippen MR) is 160 cm³/mol. The van der Waals surface area contributed by atoms with Gasteiger partial charge in [-0.25, -0.2) is 0 Å². The van der Waals surface area contributed by atoms with E-state index in [2.05, 4.69) is 10.6 Å². The molecule has 1 fully saturated rings. The first kappa shape index (κ1) is 34.6. The molecule has 232 valence electrons. The van der Waals surface area contributed by atoms with Crippen LogP contribution in [-0.2, 0) is 23.9 Å². The Bertz CT molecular complexity index is 1160. The number of alkyl carbamates (subject to hydrolysis) is 1. The van der Waals surface area contributed by atoms with Crippen molar-refractivity contribution in [2.24, 2.45) is 5.73 Å². The molecule has 1 aliphatic rings. The summed E-state index contributed by atoms with van der Waals surface area (Å²) < 4.78 is 10.5. The minimum atomic E-state index is -1.37. The van der Waals surface area contributed by atoms with Gasteiger partial charge in [-0.3, -0.25) is 0 Å². The molecule has 1 aromatic rings. The SMILES string of the molecule is CC(C)(C)OC(=O)CN1CCN(C(=O)C[AsH]C(=O)c2ccc(NC(=N)N)cc2)[C@@H](CCCNC(=O)OC(C)(C)C)C1=O. The van der Waals surface area contributed by atoms with Crippen molar-refractivity contribution in [1.29, 1.82) is 5.41 Å². The Labute approximate surface area is 253 Å². The van der Waals surface area contributed by atoms with Crippen molar-refractivity contribution in [2.75, 3.05) is 31.5 Å². The van der Waals surface area contributed by atoms with Gasteiger partial charge >= 0.3 is 254 Å². The second-order valence-electron chi connectivity index (χ2n) is 11.8. The third-order valence-electron chi connectivity index (χ3n) is 5.79. The Hall–Kier alpha value is -3.60. The standard InChI is InChI=1S/C28H43AsN6O7/c1-27(2,3)41-22(37)17-34-14-15-35(20(24(34)39)8-7-13-32-26(40)42-28(4,5)6)21(36)16-29-23(38)18-9-11-19(12-10-18)33-25(30)31/h9-12,20,29H,7-8,13-17H2,1-6H3,(H,32,40)(H4,30,31,33)/t20-/m0/s1. The van der Waals surface area contributed by atoms with Crippen LogP contribution < -0.4 is 16.4 Å². The molecule has 13 nitrogen and oxygen atoms in total. The summed E-state index contributed by atoms with van der Waals surface area (Å²) in [7, 11) is 0. The molecular weight excluding hydrogens is 607 g/mol. The average molecular weight is 651 g/mol. The summed E-state index contributed by atoms with van der Waals surface area (Å²) in [5, 5.41) is 12.6. The number of nitrogens with two attached hydrogens (primary N) is 1. The number of carbonyl (C=O) groups excluding carboxylic acids is 5. The monoisotopic (exact) mass is 650 g/mol. The summed E-state index contributed by atoms with van der Waals surface area (Å²) in [6.45, 7) is 10.9. The van der Waals surface area contributed by atoms with E-state index in [1.165, 1.54) is 9.80 Å². The Morgan fingerprint density at radius 1 is 1.02 bits per heavy atom. The topological polar surface area (TPSA) is 184 Å². The van der Waals surface area contributed by atoms with Gasteiger partial charge < -0.3 is 0 Å². The Morgan fingerprint density at radius 2 is 1.64 bits per heavy atom. The molecule has 1 aromatic carbocycles. The normalized spacial score (nSPS) is 15.9. The fraction of sp³-hybridized carbons (Fsp3) is 0.571. The predicted octanol–water partition coefficient (Wildman–Crippen LogP) is 1.67. The third kappa shape index (κ3) is 12.1. The first-order valence-corrected chi connectivity index (χ1v) is 16.2. The number of benzene rings is 1. The van der Waals surface area contributed by atoms with E-state index in [1.54, 1.807) is 65.8 Å². The summed E-state index contributed by atoms with van der Waals surface area (Å²) in [5.41, 5.74) is 5.00. The van der Waals surface area contributed by atoms with Crippen molar-refractivity contribution in [2.45, 2.75) is 76.8 Å². The van der Waals surface area contributed by atoms with E-state index in [4.69, 9.17) is 20.6 Å². The van der Waals surface area contributed by atoms with E-state index >= 15 is 0 Å². The average Bonchev–Trinajstić information content (AvgIpc) is 2.84. The second-order valence-corrected chi connectivity index (χ2v) is 14.3. The quantitative estimate of drug-likeness (QED) is 0.0910. The molecule has 0 aliphatic carbocycles. The van der Waals surface area contributed by atoms with Gasteiger partial charge in [-0.05, 0) is 0 Å². The summed E-state index contributed by atoms with van der Waals surface area (Å²) in [4.78, 5) is 66.8. The van der Waals surface area contributed by atoms with Crippen LogP contribution in [0.25, 0.3) is 0 Å². The number of guanidine groups is 1. The molecule has 1 saturated heterocycles. The van der Waals surface area contributed by atoms with Gasteiger partial charge in [0.1, 0.15) is 0 Å². The zero-order chi connectivity index (χ0) is 31.7. The number of amides is 3. The van der Waals surface area contributed by atoms with E-state index in [-0.39, 0.29) is 60.2 Å². The second kappa shape index (κ2) is 15.0. The molecule has 42 heavy (non-hydrogen) atoms. The van der Waals surface area contributed by atoms with Gasteiger partial charge in [-0.2, -0.15) is 0 Å². The molecule has 0 saturated carbocycles. The number of esters is 1. The number of nitrogens with zero attached hydrogens (tertiary/aromatic N) is 2. The van der Waals surface area contributed by atoms with Crippen LogP contribution in [0.5, 0.6) is 0 Å². The van der Waals surface area contributed by atoms with E-state index in [1.807, 2.05) is 0 Å². The number of anilines is 1. The van der Waals surface area contributed by atoms with E-state index in [9.17, 15) is 24.0 Å². The van der Waals surface area contributed by atoms with Crippen molar-refractivity contribution >= 4 is 55.8 Å². The molecule has 0 spiro atoms. The van der Waals surface area contributed by atoms with Crippen molar-refractivity contribution < 1.29 is 33.4 Å². The molecule has 1 heterocycles. The van der Waals surface area contributed by atoms with Gasteiger partial charge in [0.25, 0.3) is 0 Å². The number of ether oxygens (including phenoxy) is 2. The van der Waals surface area contributed by atoms with Crippen LogP contribution in [0.3, 0.4) is 0 Å². The van der Waals surface area contributed by atoms with Gasteiger partial charge in [0.15, 0.2) is 0 Å². The maximum absolute atomic E-state index is 13.5. The Balaban J connectivity index is 2.05. The first-order valence-electron chi connectivity index (χ1n) is 13.7. The Kier molecular flexibility index (Phi) is 12.4. The van der Waals surface area contributed by atoms with Crippen LogP contribution in [0.4, 0.5) is 10.5 Å². The number of piperazine rings is 1. The molecule has 1 unspecified atom stereocenters. The van der Waals surface area contributed by atoms with Crippen molar-refractivity contribution in [3.63, 3.8) is 0 Å². The van der Waals surface area contributed by atoms with Gasteiger partial charge in [-0.15, -0.1) is 0 Å².